The third-order valence-corrected chi connectivity index (χ3v) is 6.16. The Morgan fingerprint density at radius 1 is 1.21 bits per heavy atom. The summed E-state index contributed by atoms with van der Waals surface area (Å²) in [5.41, 5.74) is 8.84. The fourth-order valence-electron chi connectivity index (χ4n) is 4.38. The molecule has 0 aliphatic carbocycles. The van der Waals surface area contributed by atoms with Crippen LogP contribution >= 0.6 is 0 Å². The van der Waals surface area contributed by atoms with Crippen LogP contribution in [-0.2, 0) is 20.0 Å². The first-order valence-corrected chi connectivity index (χ1v) is 11.4. The van der Waals surface area contributed by atoms with Crippen LogP contribution < -0.4 is 5.56 Å². The number of aromatic nitrogens is 4. The monoisotopic (exact) mass is 441 g/mol. The molecular formula is C27H31N5O. The number of aryl methyl sites for hydroxylation is 2. The average molecular weight is 442 g/mol. The lowest BCUT2D eigenvalue weighted by molar-refractivity contribution is 0.324. The fourth-order valence-corrected chi connectivity index (χ4v) is 4.38. The summed E-state index contributed by atoms with van der Waals surface area (Å²) in [6, 6.07) is 5.88. The highest BCUT2D eigenvalue weighted by Gasteiger charge is 2.21. The van der Waals surface area contributed by atoms with Crippen LogP contribution in [0.2, 0.25) is 0 Å². The van der Waals surface area contributed by atoms with Gasteiger partial charge in [0.25, 0.3) is 5.56 Å². The molecule has 0 N–H and O–H groups in total. The summed E-state index contributed by atoms with van der Waals surface area (Å²) in [6.45, 7) is 9.89. The van der Waals surface area contributed by atoms with Gasteiger partial charge in [0.05, 0.1) is 0 Å². The minimum Gasteiger partial charge on any atom is -0.367 e. The standard InChI is InChI=1S/C27H31N5O/c1-6-7-25(18(2)12-26-30-20(4)13-27(33)31(26)5)32-11-9-24-22(17-32)14-21(16-29-24)23-8-10-28-15-19(23)3/h7-8,10,12-16H,6,9,11,17H2,1-5H3/b18-12-,25-7-. The molecule has 0 radical (unpaired) electrons. The fraction of sp³-hybridized carbons (Fsp3) is 0.333. The van der Waals surface area contributed by atoms with Gasteiger partial charge in [0.1, 0.15) is 5.82 Å². The van der Waals surface area contributed by atoms with Gasteiger partial charge in [0, 0.05) is 73.9 Å². The van der Waals surface area contributed by atoms with Crippen molar-refractivity contribution in [3.63, 3.8) is 0 Å². The lowest BCUT2D eigenvalue weighted by atomic mass is 9.97. The van der Waals surface area contributed by atoms with E-state index >= 15 is 0 Å². The Hall–Kier alpha value is -3.54. The molecule has 0 saturated carbocycles. The van der Waals surface area contributed by atoms with Gasteiger partial charge >= 0.3 is 0 Å². The molecule has 6 heteroatoms. The van der Waals surface area contributed by atoms with Crippen LogP contribution in [0.3, 0.4) is 0 Å². The number of hydrogen-bond donors (Lipinski definition) is 0. The molecular weight excluding hydrogens is 410 g/mol. The van der Waals surface area contributed by atoms with Gasteiger partial charge in [0.15, 0.2) is 0 Å². The molecule has 33 heavy (non-hydrogen) atoms. The zero-order valence-electron chi connectivity index (χ0n) is 20.1. The van der Waals surface area contributed by atoms with Crippen molar-refractivity contribution in [2.24, 2.45) is 7.05 Å². The summed E-state index contributed by atoms with van der Waals surface area (Å²) in [5.74, 6) is 0.675. The summed E-state index contributed by atoms with van der Waals surface area (Å²) < 4.78 is 1.60. The minimum absolute atomic E-state index is 0.0421. The van der Waals surface area contributed by atoms with Gasteiger partial charge in [0.2, 0.25) is 0 Å². The van der Waals surface area contributed by atoms with E-state index in [1.54, 1.807) is 17.7 Å². The van der Waals surface area contributed by atoms with Crippen LogP contribution in [0.4, 0.5) is 0 Å². The van der Waals surface area contributed by atoms with Gasteiger partial charge in [-0.2, -0.15) is 0 Å². The van der Waals surface area contributed by atoms with Crippen molar-refractivity contribution >= 4 is 6.08 Å². The second-order valence-corrected chi connectivity index (χ2v) is 8.67. The molecule has 0 fully saturated rings. The van der Waals surface area contributed by atoms with Gasteiger partial charge in [-0.3, -0.25) is 19.3 Å². The number of rotatable bonds is 5. The molecule has 4 rings (SSSR count). The number of fused-ring (bicyclic) bond motifs is 1. The third kappa shape index (κ3) is 4.80. The zero-order valence-corrected chi connectivity index (χ0v) is 20.1. The van der Waals surface area contributed by atoms with Crippen LogP contribution in [0.15, 0.2) is 58.9 Å². The van der Waals surface area contributed by atoms with Gasteiger partial charge in [-0.05, 0) is 67.7 Å². The van der Waals surface area contributed by atoms with Crippen LogP contribution in [0, 0.1) is 13.8 Å². The highest BCUT2D eigenvalue weighted by molar-refractivity contribution is 5.66. The molecule has 3 aromatic rings. The van der Waals surface area contributed by atoms with Crippen LogP contribution in [0.1, 0.15) is 48.6 Å². The number of allylic oxidation sites excluding steroid dienone is 2. The Kier molecular flexibility index (Phi) is 6.54. The zero-order chi connectivity index (χ0) is 23.5. The van der Waals surface area contributed by atoms with E-state index in [4.69, 9.17) is 4.98 Å². The Labute approximate surface area is 195 Å². The maximum Gasteiger partial charge on any atom is 0.253 e. The third-order valence-electron chi connectivity index (χ3n) is 6.16. The normalized spacial score (nSPS) is 14.4. The van der Waals surface area contributed by atoms with E-state index in [2.05, 4.69) is 47.8 Å². The first-order valence-electron chi connectivity index (χ1n) is 11.4. The van der Waals surface area contributed by atoms with Gasteiger partial charge in [-0.25, -0.2) is 4.98 Å². The van der Waals surface area contributed by atoms with E-state index in [0.29, 0.717) is 5.82 Å². The van der Waals surface area contributed by atoms with E-state index in [0.717, 1.165) is 48.3 Å². The quantitative estimate of drug-likeness (QED) is 0.541. The molecule has 0 spiro atoms. The number of nitrogens with zero attached hydrogens (tertiary/aromatic N) is 5. The first-order chi connectivity index (χ1) is 15.9. The second-order valence-electron chi connectivity index (χ2n) is 8.67. The molecule has 6 nitrogen and oxygen atoms in total. The van der Waals surface area contributed by atoms with Crippen molar-refractivity contribution < 1.29 is 0 Å². The Morgan fingerprint density at radius 2 is 2.03 bits per heavy atom. The molecule has 1 aliphatic rings. The summed E-state index contributed by atoms with van der Waals surface area (Å²) in [5, 5.41) is 0. The molecule has 1 aliphatic heterocycles. The van der Waals surface area contributed by atoms with E-state index < -0.39 is 0 Å². The minimum atomic E-state index is -0.0421. The Balaban J connectivity index is 1.66. The van der Waals surface area contributed by atoms with Crippen molar-refractivity contribution in [3.05, 3.63) is 92.8 Å². The molecule has 0 saturated heterocycles. The SMILES string of the molecule is CC/C=C(/C(C)=C\c1nc(C)cc(=O)n1C)N1CCc2ncc(-c3ccncc3C)cc2C1. The summed E-state index contributed by atoms with van der Waals surface area (Å²) in [6.07, 6.45) is 11.8. The van der Waals surface area contributed by atoms with E-state index in [9.17, 15) is 4.79 Å². The topological polar surface area (TPSA) is 63.9 Å². The highest BCUT2D eigenvalue weighted by atomic mass is 16.1. The molecule has 0 amide bonds. The summed E-state index contributed by atoms with van der Waals surface area (Å²) in [7, 11) is 1.77. The van der Waals surface area contributed by atoms with Gasteiger partial charge < -0.3 is 4.90 Å². The highest BCUT2D eigenvalue weighted by Crippen LogP contribution is 2.29. The first kappa shape index (κ1) is 22.6. The van der Waals surface area contributed by atoms with Crippen LogP contribution in [-0.4, -0.2) is 31.0 Å². The van der Waals surface area contributed by atoms with Crippen molar-refractivity contribution in [2.75, 3.05) is 6.54 Å². The molecule has 0 atom stereocenters. The Bertz CT molecular complexity index is 1300. The van der Waals surface area contributed by atoms with Crippen molar-refractivity contribution in [3.8, 4) is 11.1 Å². The van der Waals surface area contributed by atoms with Gasteiger partial charge in [-0.1, -0.05) is 13.0 Å². The lowest BCUT2D eigenvalue weighted by Crippen LogP contribution is -2.31. The van der Waals surface area contributed by atoms with Crippen LogP contribution in [0.25, 0.3) is 17.2 Å². The van der Waals surface area contributed by atoms with Crippen molar-refractivity contribution in [2.45, 2.75) is 47.1 Å². The molecule has 0 aromatic carbocycles. The second kappa shape index (κ2) is 9.53. The molecule has 0 unspecified atom stereocenters. The number of hydrogen-bond acceptors (Lipinski definition) is 5. The number of pyridine rings is 2. The summed E-state index contributed by atoms with van der Waals surface area (Å²) in [4.78, 5) is 28.2. The maximum absolute atomic E-state index is 12.2. The van der Waals surface area contributed by atoms with E-state index in [1.165, 1.54) is 22.5 Å². The van der Waals surface area contributed by atoms with Crippen molar-refractivity contribution in [1.82, 2.24) is 24.4 Å². The molecule has 170 valence electrons. The van der Waals surface area contributed by atoms with E-state index in [1.807, 2.05) is 37.7 Å². The molecule has 0 bridgehead atoms. The van der Waals surface area contributed by atoms with Crippen molar-refractivity contribution in [1.29, 1.82) is 0 Å². The van der Waals surface area contributed by atoms with Gasteiger partial charge in [-0.15, -0.1) is 0 Å². The van der Waals surface area contributed by atoms with Crippen LogP contribution in [0.5, 0.6) is 0 Å². The largest absolute Gasteiger partial charge is 0.367 e. The maximum atomic E-state index is 12.2. The predicted octanol–water partition coefficient (Wildman–Crippen LogP) is 4.61. The van der Waals surface area contributed by atoms with E-state index in [-0.39, 0.29) is 5.56 Å². The molecule has 3 aromatic heterocycles. The lowest BCUT2D eigenvalue weighted by Gasteiger charge is -2.33. The smallest absolute Gasteiger partial charge is 0.253 e. The Morgan fingerprint density at radius 3 is 2.79 bits per heavy atom. The molecule has 4 heterocycles. The summed E-state index contributed by atoms with van der Waals surface area (Å²) >= 11 is 0. The predicted molar refractivity (Wildman–Crippen MR) is 133 cm³/mol. The average Bonchev–Trinajstić information content (AvgIpc) is 2.80.